The van der Waals surface area contributed by atoms with E-state index >= 15 is 0 Å². The van der Waals surface area contributed by atoms with Gasteiger partial charge >= 0.3 is 0 Å². The first-order chi connectivity index (χ1) is 26.3. The number of aryl methyl sites for hydroxylation is 5. The number of phenolic OH excluding ortho intramolecular Hbond substituents is 2. The van der Waals surface area contributed by atoms with Gasteiger partial charge in [0.1, 0.15) is 0 Å². The standard InChI is InChI=1S/C38H58N2.C12H12O2.Ni/c1-7-13-15-16-17-18-19-20-21-22-24-38(40-36-28-26-32(10-4)34(12-6)30-36)37(23-14-8-2)39-35-27-25-31(9-3)33(11-5)29-35;1-2-8-3-4-9-5-6-11(13)12(14)10(9)7-8;/h22,24-30H,7-21,23H2,1-6H3;3-7,13-14H,2H2,1H3;. The Balaban J connectivity index is 0.000000579. The van der Waals surface area contributed by atoms with Crippen molar-refractivity contribution in [2.45, 2.75) is 158 Å². The zero-order valence-corrected chi connectivity index (χ0v) is 36.1. The first-order valence-electron chi connectivity index (χ1n) is 21.3. The molecule has 4 aromatic carbocycles. The molecular formula is C50H70N2NiO2. The van der Waals surface area contributed by atoms with E-state index in [0.29, 0.717) is 5.39 Å². The van der Waals surface area contributed by atoms with Crippen LogP contribution >= 0.6 is 0 Å². The fourth-order valence-corrected chi connectivity index (χ4v) is 6.94. The third-order valence-electron chi connectivity index (χ3n) is 10.4. The van der Waals surface area contributed by atoms with Gasteiger partial charge in [0, 0.05) is 21.9 Å². The molecule has 5 heteroatoms. The van der Waals surface area contributed by atoms with Gasteiger partial charge < -0.3 is 10.2 Å². The fourth-order valence-electron chi connectivity index (χ4n) is 6.94. The van der Waals surface area contributed by atoms with E-state index in [1.807, 2.05) is 18.2 Å². The van der Waals surface area contributed by atoms with Gasteiger partial charge in [0.2, 0.25) is 0 Å². The Bertz CT molecular complexity index is 1810. The summed E-state index contributed by atoms with van der Waals surface area (Å²) in [4.78, 5) is 10.5. The second kappa shape index (κ2) is 27.0. The van der Waals surface area contributed by atoms with Crippen LogP contribution in [0.4, 0.5) is 11.4 Å². The number of allylic oxidation sites excluding steroid dienone is 2. The number of fused-ring (bicyclic) bond motifs is 1. The summed E-state index contributed by atoms with van der Waals surface area (Å²) in [5.41, 5.74) is 11.1. The summed E-state index contributed by atoms with van der Waals surface area (Å²) >= 11 is 0. The van der Waals surface area contributed by atoms with Crippen molar-refractivity contribution in [1.29, 1.82) is 0 Å². The van der Waals surface area contributed by atoms with Crippen molar-refractivity contribution >= 4 is 33.6 Å². The number of benzene rings is 4. The van der Waals surface area contributed by atoms with Crippen LogP contribution in [-0.2, 0) is 48.6 Å². The predicted octanol–water partition coefficient (Wildman–Crippen LogP) is 14.9. The molecule has 0 atom stereocenters. The van der Waals surface area contributed by atoms with Crippen LogP contribution in [0.5, 0.6) is 11.5 Å². The molecule has 0 aliphatic rings. The maximum absolute atomic E-state index is 9.63. The van der Waals surface area contributed by atoms with Crippen molar-refractivity contribution in [1.82, 2.24) is 0 Å². The molecule has 0 fully saturated rings. The van der Waals surface area contributed by atoms with Crippen LogP contribution in [0, 0.1) is 0 Å². The molecule has 4 nitrogen and oxygen atoms in total. The van der Waals surface area contributed by atoms with E-state index in [0.717, 1.165) is 91.5 Å². The molecule has 0 spiro atoms. The summed E-state index contributed by atoms with van der Waals surface area (Å²) in [7, 11) is 0. The third-order valence-corrected chi connectivity index (χ3v) is 10.4. The second-order valence-electron chi connectivity index (χ2n) is 14.5. The van der Waals surface area contributed by atoms with Crippen LogP contribution in [0.1, 0.15) is 153 Å². The molecule has 0 saturated carbocycles. The van der Waals surface area contributed by atoms with E-state index in [1.54, 1.807) is 6.07 Å². The molecule has 2 N–H and O–H groups in total. The van der Waals surface area contributed by atoms with Gasteiger partial charge in [0.15, 0.2) is 11.5 Å². The quantitative estimate of drug-likeness (QED) is 0.0382. The summed E-state index contributed by atoms with van der Waals surface area (Å²) in [5.74, 6) is -0.0939. The Kier molecular flexibility index (Phi) is 23.3. The van der Waals surface area contributed by atoms with Crippen molar-refractivity contribution in [2.24, 2.45) is 9.98 Å². The van der Waals surface area contributed by atoms with E-state index in [2.05, 4.69) is 97.0 Å². The number of phenols is 2. The molecule has 4 aromatic rings. The summed E-state index contributed by atoms with van der Waals surface area (Å²) < 4.78 is 0. The molecule has 0 heterocycles. The molecular weight excluding hydrogens is 719 g/mol. The molecule has 0 unspecified atom stereocenters. The Morgan fingerprint density at radius 2 is 1.09 bits per heavy atom. The van der Waals surface area contributed by atoms with Crippen LogP contribution in [0.2, 0.25) is 0 Å². The van der Waals surface area contributed by atoms with Gasteiger partial charge in [0.05, 0.1) is 22.8 Å². The Labute approximate surface area is 344 Å². The average Bonchev–Trinajstić information content (AvgIpc) is 3.21. The molecule has 0 bridgehead atoms. The minimum Gasteiger partial charge on any atom is -0.504 e. The van der Waals surface area contributed by atoms with Gasteiger partial charge in [0.25, 0.3) is 0 Å². The van der Waals surface area contributed by atoms with Crippen LogP contribution in [0.3, 0.4) is 0 Å². The third kappa shape index (κ3) is 15.8. The number of nitrogens with zero attached hydrogens (tertiary/aromatic N) is 2. The van der Waals surface area contributed by atoms with E-state index in [4.69, 9.17) is 9.98 Å². The van der Waals surface area contributed by atoms with Gasteiger partial charge in [-0.05, 0) is 133 Å². The Morgan fingerprint density at radius 3 is 1.65 bits per heavy atom. The first-order valence-corrected chi connectivity index (χ1v) is 21.3. The van der Waals surface area contributed by atoms with Crippen molar-refractivity contribution in [3.8, 4) is 11.5 Å². The van der Waals surface area contributed by atoms with Crippen LogP contribution < -0.4 is 0 Å². The molecule has 55 heavy (non-hydrogen) atoms. The average molecular weight is 790 g/mol. The van der Waals surface area contributed by atoms with Gasteiger partial charge in [-0.1, -0.05) is 136 Å². The number of aromatic hydroxyl groups is 2. The van der Waals surface area contributed by atoms with Gasteiger partial charge in [-0.15, -0.1) is 0 Å². The van der Waals surface area contributed by atoms with E-state index in [9.17, 15) is 10.2 Å². The van der Waals surface area contributed by atoms with Crippen molar-refractivity contribution in [3.63, 3.8) is 0 Å². The van der Waals surface area contributed by atoms with Crippen LogP contribution in [-0.4, -0.2) is 21.6 Å². The summed E-state index contributed by atoms with van der Waals surface area (Å²) in [5, 5.41) is 20.6. The summed E-state index contributed by atoms with van der Waals surface area (Å²) in [6.07, 6.45) is 24.9. The zero-order valence-electron chi connectivity index (χ0n) is 35.1. The van der Waals surface area contributed by atoms with Crippen molar-refractivity contribution in [2.75, 3.05) is 0 Å². The molecule has 0 saturated heterocycles. The maximum Gasteiger partial charge on any atom is 0.165 e. The van der Waals surface area contributed by atoms with Gasteiger partial charge in [-0.3, -0.25) is 4.99 Å². The number of aliphatic imine (C=N–C) groups is 2. The second-order valence-corrected chi connectivity index (χ2v) is 14.5. The minimum atomic E-state index is -0.0641. The smallest absolute Gasteiger partial charge is 0.165 e. The largest absolute Gasteiger partial charge is 0.504 e. The van der Waals surface area contributed by atoms with Crippen molar-refractivity contribution < 1.29 is 26.7 Å². The van der Waals surface area contributed by atoms with Crippen molar-refractivity contribution in [3.05, 3.63) is 107 Å². The number of unbranched alkanes of at least 4 members (excludes halogenated alkanes) is 9. The van der Waals surface area contributed by atoms with Crippen LogP contribution in [0.25, 0.3) is 10.8 Å². The fraction of sp³-hybridized carbons (Fsp3) is 0.480. The molecule has 0 amide bonds. The summed E-state index contributed by atoms with van der Waals surface area (Å²) in [6, 6.07) is 22.7. The maximum atomic E-state index is 9.63. The van der Waals surface area contributed by atoms with E-state index in [-0.39, 0.29) is 28.0 Å². The van der Waals surface area contributed by atoms with E-state index in [1.165, 1.54) is 79.7 Å². The molecule has 0 aliphatic heterocycles. The first kappa shape index (κ1) is 47.5. The molecule has 302 valence electrons. The summed E-state index contributed by atoms with van der Waals surface area (Å²) in [6.45, 7) is 15.6. The molecule has 0 aliphatic carbocycles. The zero-order chi connectivity index (χ0) is 39.1. The topological polar surface area (TPSA) is 65.2 Å². The predicted molar refractivity (Wildman–Crippen MR) is 237 cm³/mol. The van der Waals surface area contributed by atoms with Crippen LogP contribution in [0.15, 0.2) is 88.9 Å². The normalized spacial score (nSPS) is 11.8. The molecule has 0 aromatic heterocycles. The van der Waals surface area contributed by atoms with E-state index < -0.39 is 0 Å². The number of hydrogen-bond acceptors (Lipinski definition) is 4. The van der Waals surface area contributed by atoms with Gasteiger partial charge in [-0.2, -0.15) is 0 Å². The Morgan fingerprint density at radius 1 is 0.545 bits per heavy atom. The molecule has 4 rings (SSSR count). The monoisotopic (exact) mass is 788 g/mol. The Hall–Kier alpha value is -3.69. The number of hydrogen-bond donors (Lipinski definition) is 2. The van der Waals surface area contributed by atoms with Gasteiger partial charge in [-0.25, -0.2) is 4.99 Å². The molecule has 0 radical (unpaired) electrons. The SMILES string of the molecule is CCCCCCCCCCC=CC(=Nc1ccc(CC)c(CC)c1)C(CCCC)=Nc1ccc(CC)c(CC)c1.CCc1ccc2ccc(O)c(O)c2c1.[Ni]. The minimum absolute atomic E-state index is 0. The number of rotatable bonds is 21.